The zero-order valence-corrected chi connectivity index (χ0v) is 18.4. The van der Waals surface area contributed by atoms with Gasteiger partial charge in [-0.1, -0.05) is 0 Å². The smallest absolute Gasteiger partial charge is 0.305 e. The van der Waals surface area contributed by atoms with Crippen LogP contribution in [-0.4, -0.2) is 42.8 Å². The van der Waals surface area contributed by atoms with E-state index in [9.17, 15) is 4.79 Å². The molecule has 0 spiro atoms. The average Bonchev–Trinajstić information content (AvgIpc) is 2.70. The third-order valence-corrected chi connectivity index (χ3v) is 6.61. The molecule has 1 aromatic rings. The SMILES string of the molecule is COC(=O)CCC1(C)CCc2c3c(c(C)c(C)c2O1)OC(C)(CCOCO)CC3. The summed E-state index contributed by atoms with van der Waals surface area (Å²) in [6.07, 6.45) is 5.39. The molecule has 3 rings (SSSR count). The van der Waals surface area contributed by atoms with Crippen molar-refractivity contribution >= 4 is 5.97 Å². The Bertz CT molecular complexity index is 773. The highest BCUT2D eigenvalue weighted by atomic mass is 16.6. The number of methoxy groups -OCH3 is 1. The summed E-state index contributed by atoms with van der Waals surface area (Å²) in [6.45, 7) is 8.60. The van der Waals surface area contributed by atoms with E-state index in [0.717, 1.165) is 54.7 Å². The first kappa shape index (κ1) is 21.9. The van der Waals surface area contributed by atoms with Crippen LogP contribution < -0.4 is 9.47 Å². The number of carbonyl (C=O) groups is 1. The van der Waals surface area contributed by atoms with Gasteiger partial charge in [-0.05, 0) is 70.9 Å². The van der Waals surface area contributed by atoms with Crippen LogP contribution in [0.5, 0.6) is 11.5 Å². The number of aliphatic hydroxyl groups excluding tert-OH is 1. The van der Waals surface area contributed by atoms with Gasteiger partial charge < -0.3 is 24.1 Å². The molecular weight excluding hydrogens is 372 g/mol. The minimum Gasteiger partial charge on any atom is -0.487 e. The molecule has 0 aliphatic carbocycles. The first-order valence-electron chi connectivity index (χ1n) is 10.5. The van der Waals surface area contributed by atoms with Gasteiger partial charge in [0.05, 0.1) is 13.7 Å². The number of rotatable bonds is 7. The van der Waals surface area contributed by atoms with Crippen molar-refractivity contribution in [1.29, 1.82) is 0 Å². The average molecular weight is 407 g/mol. The van der Waals surface area contributed by atoms with Gasteiger partial charge in [-0.2, -0.15) is 0 Å². The third-order valence-electron chi connectivity index (χ3n) is 6.61. The van der Waals surface area contributed by atoms with E-state index in [1.54, 1.807) is 0 Å². The monoisotopic (exact) mass is 406 g/mol. The molecule has 1 aromatic carbocycles. The van der Waals surface area contributed by atoms with Crippen molar-refractivity contribution < 1.29 is 28.8 Å². The second-order valence-electron chi connectivity index (χ2n) is 8.83. The second kappa shape index (κ2) is 8.52. The normalized spacial score (nSPS) is 25.4. The topological polar surface area (TPSA) is 74.2 Å². The van der Waals surface area contributed by atoms with Crippen molar-refractivity contribution in [2.75, 3.05) is 20.5 Å². The van der Waals surface area contributed by atoms with E-state index < -0.39 is 0 Å². The lowest BCUT2D eigenvalue weighted by molar-refractivity contribution is -0.141. The molecular formula is C23H34O6. The van der Waals surface area contributed by atoms with Crippen LogP contribution in [0.4, 0.5) is 0 Å². The van der Waals surface area contributed by atoms with E-state index >= 15 is 0 Å². The Morgan fingerprint density at radius 3 is 2.00 bits per heavy atom. The number of esters is 1. The largest absolute Gasteiger partial charge is 0.487 e. The molecule has 29 heavy (non-hydrogen) atoms. The van der Waals surface area contributed by atoms with E-state index in [1.807, 2.05) is 0 Å². The first-order chi connectivity index (χ1) is 13.7. The third kappa shape index (κ3) is 4.53. The highest BCUT2D eigenvalue weighted by Crippen LogP contribution is 2.48. The molecule has 162 valence electrons. The molecule has 2 atom stereocenters. The van der Waals surface area contributed by atoms with Crippen LogP contribution >= 0.6 is 0 Å². The maximum Gasteiger partial charge on any atom is 0.305 e. The molecule has 0 saturated carbocycles. The van der Waals surface area contributed by atoms with E-state index in [4.69, 9.17) is 24.1 Å². The quantitative estimate of drug-likeness (QED) is 0.422. The molecule has 2 heterocycles. The van der Waals surface area contributed by atoms with Crippen LogP contribution in [0.1, 0.15) is 68.2 Å². The molecule has 0 aromatic heterocycles. The summed E-state index contributed by atoms with van der Waals surface area (Å²) >= 11 is 0. The van der Waals surface area contributed by atoms with Crippen molar-refractivity contribution in [3.63, 3.8) is 0 Å². The Labute approximate surface area is 173 Å². The Kier molecular flexibility index (Phi) is 6.44. The minimum absolute atomic E-state index is 0.197. The number of hydrogen-bond acceptors (Lipinski definition) is 6. The molecule has 1 N–H and O–H groups in total. The molecule has 0 fully saturated rings. The minimum atomic E-state index is -0.363. The van der Waals surface area contributed by atoms with Crippen molar-refractivity contribution in [3.05, 3.63) is 22.3 Å². The Hall–Kier alpha value is -1.79. The van der Waals surface area contributed by atoms with E-state index in [1.165, 1.54) is 18.2 Å². The fourth-order valence-electron chi connectivity index (χ4n) is 4.42. The van der Waals surface area contributed by atoms with Gasteiger partial charge in [0.2, 0.25) is 0 Å². The van der Waals surface area contributed by atoms with Crippen LogP contribution in [-0.2, 0) is 27.1 Å². The van der Waals surface area contributed by atoms with E-state index in [-0.39, 0.29) is 24.0 Å². The maximum atomic E-state index is 11.6. The predicted octanol–water partition coefficient (Wildman–Crippen LogP) is 3.78. The lowest BCUT2D eigenvalue weighted by Gasteiger charge is -2.42. The first-order valence-corrected chi connectivity index (χ1v) is 10.5. The van der Waals surface area contributed by atoms with E-state index in [2.05, 4.69) is 27.7 Å². The summed E-state index contributed by atoms with van der Waals surface area (Å²) < 4.78 is 22.9. The molecule has 6 heteroatoms. The van der Waals surface area contributed by atoms with Crippen LogP contribution in [0.15, 0.2) is 0 Å². The summed E-state index contributed by atoms with van der Waals surface area (Å²) in [4.78, 5) is 11.6. The van der Waals surface area contributed by atoms with Gasteiger partial charge in [0.25, 0.3) is 0 Å². The lowest BCUT2D eigenvalue weighted by Crippen LogP contribution is -2.40. The summed E-state index contributed by atoms with van der Waals surface area (Å²) in [7, 11) is 1.42. The van der Waals surface area contributed by atoms with Crippen molar-refractivity contribution in [2.45, 2.75) is 83.8 Å². The van der Waals surface area contributed by atoms with Gasteiger partial charge in [0.15, 0.2) is 0 Å². The van der Waals surface area contributed by atoms with Gasteiger partial charge >= 0.3 is 5.97 Å². The Balaban J connectivity index is 1.85. The van der Waals surface area contributed by atoms with Crippen LogP contribution in [0.2, 0.25) is 0 Å². The molecule has 2 aliphatic heterocycles. The molecule has 2 aliphatic rings. The summed E-state index contributed by atoms with van der Waals surface area (Å²) in [6, 6.07) is 0. The fourth-order valence-corrected chi connectivity index (χ4v) is 4.42. The Morgan fingerprint density at radius 1 is 1.00 bits per heavy atom. The zero-order chi connectivity index (χ0) is 21.2. The molecule has 0 amide bonds. The fraction of sp³-hybridized carbons (Fsp3) is 0.696. The molecule has 0 saturated heterocycles. The van der Waals surface area contributed by atoms with Crippen LogP contribution in [0, 0.1) is 13.8 Å². The number of benzene rings is 1. The van der Waals surface area contributed by atoms with Crippen LogP contribution in [0.3, 0.4) is 0 Å². The molecule has 0 radical (unpaired) electrons. The molecule has 0 bridgehead atoms. The Morgan fingerprint density at radius 2 is 1.52 bits per heavy atom. The number of ether oxygens (including phenoxy) is 4. The highest BCUT2D eigenvalue weighted by molar-refractivity contribution is 5.69. The number of hydrogen-bond donors (Lipinski definition) is 1. The number of aliphatic hydroxyl groups is 1. The number of fused-ring (bicyclic) bond motifs is 3. The number of carbonyl (C=O) groups excluding carboxylic acids is 1. The summed E-state index contributed by atoms with van der Waals surface area (Å²) in [5, 5.41) is 8.87. The summed E-state index contributed by atoms with van der Waals surface area (Å²) in [5.41, 5.74) is 4.09. The lowest BCUT2D eigenvalue weighted by atomic mass is 9.81. The van der Waals surface area contributed by atoms with Crippen molar-refractivity contribution in [2.24, 2.45) is 0 Å². The molecule has 6 nitrogen and oxygen atoms in total. The maximum absolute atomic E-state index is 11.6. The van der Waals surface area contributed by atoms with Crippen molar-refractivity contribution in [3.8, 4) is 11.5 Å². The van der Waals surface area contributed by atoms with Gasteiger partial charge in [-0.25, -0.2) is 0 Å². The van der Waals surface area contributed by atoms with Gasteiger partial charge in [0, 0.05) is 24.0 Å². The van der Waals surface area contributed by atoms with Gasteiger partial charge in [-0.3, -0.25) is 4.79 Å². The van der Waals surface area contributed by atoms with Gasteiger partial charge in [0.1, 0.15) is 29.5 Å². The van der Waals surface area contributed by atoms with Crippen LogP contribution in [0.25, 0.3) is 0 Å². The second-order valence-corrected chi connectivity index (χ2v) is 8.83. The van der Waals surface area contributed by atoms with E-state index in [0.29, 0.717) is 19.4 Å². The summed E-state index contributed by atoms with van der Waals surface area (Å²) in [5.74, 6) is 1.76. The van der Waals surface area contributed by atoms with Gasteiger partial charge in [-0.15, -0.1) is 0 Å². The zero-order valence-electron chi connectivity index (χ0n) is 18.4. The standard InChI is InChI=1S/C23H34O6/c1-15-16(2)21-18(7-10-23(4,29-21)12-13-27-14-24)17-6-9-22(3,28-20(15)17)11-8-19(25)26-5/h24H,6-14H2,1-5H3. The highest BCUT2D eigenvalue weighted by Gasteiger charge is 2.39. The molecule has 2 unspecified atom stereocenters. The van der Waals surface area contributed by atoms with Crippen molar-refractivity contribution in [1.82, 2.24) is 0 Å². The predicted molar refractivity (Wildman–Crippen MR) is 110 cm³/mol.